The molecule has 0 saturated heterocycles. The van der Waals surface area contributed by atoms with Crippen LogP contribution in [0.2, 0.25) is 10.0 Å². The van der Waals surface area contributed by atoms with Crippen LogP contribution >= 0.6 is 39.1 Å². The van der Waals surface area contributed by atoms with Crippen LogP contribution in [-0.2, 0) is 16.1 Å². The number of carbonyl (C=O) groups excluding carboxylic acids is 2. The number of hydrogen-bond acceptors (Lipinski definition) is 3. The maximum absolute atomic E-state index is 13.0. The van der Waals surface area contributed by atoms with E-state index in [4.69, 9.17) is 27.9 Å². The number of hydrogen-bond donors (Lipinski definition) is 1. The highest BCUT2D eigenvalue weighted by molar-refractivity contribution is 9.10. The number of halogens is 3. The van der Waals surface area contributed by atoms with Crippen LogP contribution in [0.4, 0.5) is 0 Å². The normalized spacial score (nSPS) is 11.7. The predicted molar refractivity (Wildman–Crippen MR) is 124 cm³/mol. The van der Waals surface area contributed by atoms with Gasteiger partial charge < -0.3 is 15.0 Å². The standard InChI is InChI=1S/C22H25BrCl2N2O3/c1-4-9-26-22(29)15(3)27(12-16-5-8-19(24)20(25)11-16)21(28)13-30-17-6-7-18(23)14(2)10-17/h5-8,10-11,15H,4,9,12-13H2,1-3H3,(H,26,29)/t15-/m0/s1. The second-order valence-corrected chi connectivity index (χ2v) is 8.61. The summed E-state index contributed by atoms with van der Waals surface area (Å²) in [7, 11) is 0. The van der Waals surface area contributed by atoms with Crippen molar-refractivity contribution in [1.82, 2.24) is 10.2 Å². The second-order valence-electron chi connectivity index (χ2n) is 6.94. The van der Waals surface area contributed by atoms with Crippen molar-refractivity contribution < 1.29 is 14.3 Å². The van der Waals surface area contributed by atoms with Crippen molar-refractivity contribution in [3.8, 4) is 5.75 Å². The van der Waals surface area contributed by atoms with Crippen LogP contribution < -0.4 is 10.1 Å². The first-order valence-electron chi connectivity index (χ1n) is 9.63. The van der Waals surface area contributed by atoms with Gasteiger partial charge in [-0.05, 0) is 61.7 Å². The number of rotatable bonds is 9. The van der Waals surface area contributed by atoms with Gasteiger partial charge in [-0.1, -0.05) is 52.1 Å². The average molecular weight is 516 g/mol. The summed E-state index contributed by atoms with van der Waals surface area (Å²) in [5.41, 5.74) is 1.77. The Kier molecular flexibility index (Phi) is 9.46. The third kappa shape index (κ3) is 6.89. The van der Waals surface area contributed by atoms with Gasteiger partial charge >= 0.3 is 0 Å². The van der Waals surface area contributed by atoms with Gasteiger partial charge in [0.25, 0.3) is 5.91 Å². The molecule has 1 atom stereocenters. The Morgan fingerprint density at radius 1 is 1.17 bits per heavy atom. The van der Waals surface area contributed by atoms with Crippen LogP contribution in [0.3, 0.4) is 0 Å². The van der Waals surface area contributed by atoms with Crippen molar-refractivity contribution in [2.24, 2.45) is 0 Å². The maximum Gasteiger partial charge on any atom is 0.261 e. The Balaban J connectivity index is 2.17. The lowest BCUT2D eigenvalue weighted by atomic mass is 10.1. The molecule has 2 amide bonds. The van der Waals surface area contributed by atoms with Gasteiger partial charge in [-0.15, -0.1) is 0 Å². The molecule has 2 rings (SSSR count). The van der Waals surface area contributed by atoms with Gasteiger partial charge in [0.2, 0.25) is 5.91 Å². The molecule has 5 nitrogen and oxygen atoms in total. The van der Waals surface area contributed by atoms with E-state index in [1.54, 1.807) is 31.2 Å². The molecule has 2 aromatic rings. The van der Waals surface area contributed by atoms with Crippen molar-refractivity contribution in [2.45, 2.75) is 39.8 Å². The summed E-state index contributed by atoms with van der Waals surface area (Å²) in [5.74, 6) is 0.0622. The Hall–Kier alpha value is -1.76. The molecule has 0 aliphatic carbocycles. The minimum absolute atomic E-state index is 0.187. The molecular weight excluding hydrogens is 491 g/mol. The van der Waals surface area contributed by atoms with E-state index in [2.05, 4.69) is 21.2 Å². The van der Waals surface area contributed by atoms with Crippen LogP contribution in [0.5, 0.6) is 5.75 Å². The van der Waals surface area contributed by atoms with Gasteiger partial charge in [0.1, 0.15) is 11.8 Å². The lowest BCUT2D eigenvalue weighted by Gasteiger charge is -2.29. The van der Waals surface area contributed by atoms with Gasteiger partial charge in [0.05, 0.1) is 10.0 Å². The molecule has 162 valence electrons. The maximum atomic E-state index is 13.0. The molecule has 0 fully saturated rings. The minimum Gasteiger partial charge on any atom is -0.484 e. The van der Waals surface area contributed by atoms with Gasteiger partial charge in [-0.25, -0.2) is 0 Å². The number of aryl methyl sites for hydroxylation is 1. The first-order valence-corrected chi connectivity index (χ1v) is 11.2. The van der Waals surface area contributed by atoms with Crippen LogP contribution in [0.25, 0.3) is 0 Å². The summed E-state index contributed by atoms with van der Waals surface area (Å²) in [6.45, 7) is 6.18. The van der Waals surface area contributed by atoms with Crippen molar-refractivity contribution in [2.75, 3.05) is 13.2 Å². The van der Waals surface area contributed by atoms with Crippen LogP contribution in [0, 0.1) is 6.92 Å². The second kappa shape index (κ2) is 11.6. The third-order valence-corrected chi connectivity index (χ3v) is 6.17. The van der Waals surface area contributed by atoms with Crippen LogP contribution in [0.1, 0.15) is 31.4 Å². The van der Waals surface area contributed by atoms with Crippen molar-refractivity contribution >= 4 is 50.9 Å². The molecule has 0 aliphatic heterocycles. The molecule has 0 spiro atoms. The fraction of sp³-hybridized carbons (Fsp3) is 0.364. The van der Waals surface area contributed by atoms with E-state index in [1.807, 2.05) is 26.0 Å². The van der Waals surface area contributed by atoms with Crippen molar-refractivity contribution in [3.63, 3.8) is 0 Å². The van der Waals surface area contributed by atoms with Gasteiger partial charge in [0.15, 0.2) is 6.61 Å². The van der Waals surface area contributed by atoms with Crippen LogP contribution in [0.15, 0.2) is 40.9 Å². The highest BCUT2D eigenvalue weighted by Gasteiger charge is 2.26. The minimum atomic E-state index is -0.672. The Morgan fingerprint density at radius 3 is 2.53 bits per heavy atom. The molecule has 2 aromatic carbocycles. The summed E-state index contributed by atoms with van der Waals surface area (Å²) in [6.07, 6.45) is 0.811. The van der Waals surface area contributed by atoms with Crippen molar-refractivity contribution in [3.05, 3.63) is 62.0 Å². The lowest BCUT2D eigenvalue weighted by Crippen LogP contribution is -2.49. The van der Waals surface area contributed by atoms with Gasteiger partial charge in [0, 0.05) is 17.6 Å². The Bertz CT molecular complexity index is 908. The van der Waals surface area contributed by atoms with E-state index in [9.17, 15) is 9.59 Å². The van der Waals surface area contributed by atoms with Gasteiger partial charge in [-0.3, -0.25) is 9.59 Å². The third-order valence-electron chi connectivity index (χ3n) is 4.55. The Labute approximate surface area is 195 Å². The zero-order valence-electron chi connectivity index (χ0n) is 17.2. The van der Waals surface area contributed by atoms with Gasteiger partial charge in [-0.2, -0.15) is 0 Å². The first kappa shape index (κ1) is 24.5. The molecule has 1 N–H and O–H groups in total. The summed E-state index contributed by atoms with van der Waals surface area (Å²) in [4.78, 5) is 27.0. The molecule has 0 heterocycles. The first-order chi connectivity index (χ1) is 14.2. The smallest absolute Gasteiger partial charge is 0.261 e. The molecule has 30 heavy (non-hydrogen) atoms. The molecule has 8 heteroatoms. The zero-order valence-corrected chi connectivity index (χ0v) is 20.3. The topological polar surface area (TPSA) is 58.6 Å². The van der Waals surface area contributed by atoms with E-state index in [1.165, 1.54) is 4.90 Å². The summed E-state index contributed by atoms with van der Waals surface area (Å²) in [6, 6.07) is 9.97. The number of nitrogens with one attached hydrogen (secondary N) is 1. The monoisotopic (exact) mass is 514 g/mol. The van der Waals surface area contributed by atoms with Crippen molar-refractivity contribution in [1.29, 1.82) is 0 Å². The largest absolute Gasteiger partial charge is 0.484 e. The highest BCUT2D eigenvalue weighted by atomic mass is 79.9. The van der Waals surface area contributed by atoms with E-state index >= 15 is 0 Å². The SMILES string of the molecule is CCCNC(=O)[C@H](C)N(Cc1ccc(Cl)c(Cl)c1)C(=O)COc1ccc(Br)c(C)c1. The number of carbonyl (C=O) groups is 2. The lowest BCUT2D eigenvalue weighted by molar-refractivity contribution is -0.142. The predicted octanol–water partition coefficient (Wildman–Crippen LogP) is 5.39. The fourth-order valence-electron chi connectivity index (χ4n) is 2.75. The summed E-state index contributed by atoms with van der Waals surface area (Å²) in [5, 5.41) is 3.66. The number of ether oxygens (including phenoxy) is 1. The summed E-state index contributed by atoms with van der Waals surface area (Å²) >= 11 is 15.5. The highest BCUT2D eigenvalue weighted by Crippen LogP contribution is 2.24. The number of benzene rings is 2. The van der Waals surface area contributed by atoms with E-state index in [-0.39, 0.29) is 25.0 Å². The molecule has 0 unspecified atom stereocenters. The van der Waals surface area contributed by atoms with E-state index < -0.39 is 6.04 Å². The molecule has 0 saturated carbocycles. The average Bonchev–Trinajstić information content (AvgIpc) is 2.72. The molecule has 0 aromatic heterocycles. The Morgan fingerprint density at radius 2 is 1.90 bits per heavy atom. The summed E-state index contributed by atoms with van der Waals surface area (Å²) < 4.78 is 6.65. The molecular formula is C22H25BrCl2N2O3. The number of amides is 2. The van der Waals surface area contributed by atoms with E-state index in [0.29, 0.717) is 22.3 Å². The quantitative estimate of drug-likeness (QED) is 0.487. The molecule has 0 aliphatic rings. The fourth-order valence-corrected chi connectivity index (χ4v) is 3.32. The number of nitrogens with zero attached hydrogens (tertiary/aromatic N) is 1. The molecule has 0 bridgehead atoms. The molecule has 0 radical (unpaired) electrons. The van der Waals surface area contributed by atoms with Crippen LogP contribution in [-0.4, -0.2) is 35.9 Å². The zero-order chi connectivity index (χ0) is 22.3. The van der Waals surface area contributed by atoms with E-state index in [0.717, 1.165) is 22.0 Å².